The highest BCUT2D eigenvalue weighted by Crippen LogP contribution is 2.40. The monoisotopic (exact) mass is 298 g/mol. The molecule has 1 saturated carbocycles. The maximum absolute atomic E-state index is 12.0. The summed E-state index contributed by atoms with van der Waals surface area (Å²) < 4.78 is 17.6. The Hall–Kier alpha value is -0.610. The highest BCUT2D eigenvalue weighted by Gasteiger charge is 2.46. The van der Waals surface area contributed by atoms with Crippen molar-refractivity contribution in [2.75, 3.05) is 6.61 Å². The fraction of sp³-hybridized carbons (Fsp3) is 0.941. The van der Waals surface area contributed by atoms with E-state index in [1.54, 1.807) is 0 Å². The summed E-state index contributed by atoms with van der Waals surface area (Å²) in [4.78, 5) is 12.0. The highest BCUT2D eigenvalue weighted by atomic mass is 16.8. The maximum atomic E-state index is 12.0. The van der Waals surface area contributed by atoms with Crippen molar-refractivity contribution < 1.29 is 19.0 Å². The van der Waals surface area contributed by atoms with E-state index in [0.29, 0.717) is 12.5 Å². The molecular weight excluding hydrogens is 268 g/mol. The van der Waals surface area contributed by atoms with Crippen LogP contribution in [0.1, 0.15) is 66.7 Å². The average Bonchev–Trinajstić information content (AvgIpc) is 2.80. The van der Waals surface area contributed by atoms with Crippen LogP contribution in [0.5, 0.6) is 0 Å². The van der Waals surface area contributed by atoms with Crippen LogP contribution in [0.4, 0.5) is 0 Å². The second-order valence-electron chi connectivity index (χ2n) is 7.31. The van der Waals surface area contributed by atoms with Crippen molar-refractivity contribution in [3.8, 4) is 0 Å². The molecule has 4 heteroatoms. The lowest BCUT2D eigenvalue weighted by Crippen LogP contribution is -2.34. The molecule has 4 atom stereocenters. The van der Waals surface area contributed by atoms with E-state index in [9.17, 15) is 4.79 Å². The number of fused-ring (bicyclic) bond motifs is 1. The van der Waals surface area contributed by atoms with Crippen molar-refractivity contribution in [2.45, 2.75) is 84.7 Å². The van der Waals surface area contributed by atoms with E-state index in [-0.39, 0.29) is 23.6 Å². The lowest BCUT2D eigenvalue weighted by atomic mass is 9.85. The lowest BCUT2D eigenvalue weighted by Gasteiger charge is -2.30. The molecule has 4 nitrogen and oxygen atoms in total. The first-order valence-electron chi connectivity index (χ1n) is 8.32. The Bertz CT molecular complexity index is 379. The number of hydrogen-bond donors (Lipinski definition) is 0. The standard InChI is InChI=1S/C17H30O4/c1-6-16(3,4)15(18)19-11-12-8-9-13-14(10-12)21-17(5,7-2)20-13/h12-14H,6-11H2,1-5H3. The Morgan fingerprint density at radius 3 is 2.52 bits per heavy atom. The van der Waals surface area contributed by atoms with E-state index in [4.69, 9.17) is 14.2 Å². The summed E-state index contributed by atoms with van der Waals surface area (Å²) in [5, 5.41) is 0. The number of carbonyl (C=O) groups excluding carboxylic acids is 1. The van der Waals surface area contributed by atoms with Gasteiger partial charge in [-0.3, -0.25) is 4.79 Å². The van der Waals surface area contributed by atoms with Crippen LogP contribution in [-0.4, -0.2) is 30.6 Å². The first-order valence-corrected chi connectivity index (χ1v) is 8.32. The molecule has 0 bridgehead atoms. The topological polar surface area (TPSA) is 44.8 Å². The van der Waals surface area contributed by atoms with Gasteiger partial charge in [0, 0.05) is 0 Å². The van der Waals surface area contributed by atoms with E-state index in [1.807, 2.05) is 27.7 Å². The van der Waals surface area contributed by atoms with Crippen LogP contribution < -0.4 is 0 Å². The lowest BCUT2D eigenvalue weighted by molar-refractivity contribution is -0.163. The highest BCUT2D eigenvalue weighted by molar-refractivity contribution is 5.75. The molecule has 122 valence electrons. The normalized spacial score (nSPS) is 36.3. The second kappa shape index (κ2) is 6.25. The number of carbonyl (C=O) groups is 1. The van der Waals surface area contributed by atoms with Crippen molar-refractivity contribution in [2.24, 2.45) is 11.3 Å². The number of esters is 1. The number of rotatable bonds is 5. The molecule has 0 N–H and O–H groups in total. The Morgan fingerprint density at radius 2 is 1.90 bits per heavy atom. The van der Waals surface area contributed by atoms with Gasteiger partial charge in [0.25, 0.3) is 0 Å². The second-order valence-corrected chi connectivity index (χ2v) is 7.31. The summed E-state index contributed by atoms with van der Waals surface area (Å²) in [6, 6.07) is 0. The summed E-state index contributed by atoms with van der Waals surface area (Å²) in [6.45, 7) is 10.5. The minimum Gasteiger partial charge on any atom is -0.465 e. The molecule has 0 radical (unpaired) electrons. The van der Waals surface area contributed by atoms with Crippen LogP contribution in [0.25, 0.3) is 0 Å². The molecule has 0 amide bonds. The van der Waals surface area contributed by atoms with Gasteiger partial charge in [-0.05, 0) is 58.8 Å². The van der Waals surface area contributed by atoms with Crippen molar-refractivity contribution >= 4 is 5.97 Å². The van der Waals surface area contributed by atoms with Gasteiger partial charge < -0.3 is 14.2 Å². The fourth-order valence-corrected chi connectivity index (χ4v) is 2.96. The van der Waals surface area contributed by atoms with Crippen molar-refractivity contribution in [1.29, 1.82) is 0 Å². The number of ether oxygens (including phenoxy) is 3. The van der Waals surface area contributed by atoms with Gasteiger partial charge in [-0.25, -0.2) is 0 Å². The summed E-state index contributed by atoms with van der Waals surface area (Å²) in [5.74, 6) is -0.120. The average molecular weight is 298 g/mol. The molecule has 2 aliphatic rings. The first-order chi connectivity index (χ1) is 9.79. The van der Waals surface area contributed by atoms with Crippen LogP contribution in [0.15, 0.2) is 0 Å². The molecule has 1 heterocycles. The van der Waals surface area contributed by atoms with Crippen LogP contribution in [0.3, 0.4) is 0 Å². The molecule has 1 aliphatic carbocycles. The summed E-state index contributed by atoms with van der Waals surface area (Å²) >= 11 is 0. The zero-order valence-corrected chi connectivity index (χ0v) is 14.1. The van der Waals surface area contributed by atoms with Crippen LogP contribution in [0.2, 0.25) is 0 Å². The molecule has 0 aromatic heterocycles. The van der Waals surface area contributed by atoms with Crippen molar-refractivity contribution in [3.63, 3.8) is 0 Å². The molecule has 1 aliphatic heterocycles. The molecule has 2 fully saturated rings. The molecule has 1 saturated heterocycles. The zero-order valence-electron chi connectivity index (χ0n) is 14.1. The molecule has 0 aromatic rings. The first kappa shape index (κ1) is 16.8. The predicted octanol–water partition coefficient (Wildman–Crippen LogP) is 3.68. The van der Waals surface area contributed by atoms with E-state index in [2.05, 4.69) is 6.92 Å². The van der Waals surface area contributed by atoms with Gasteiger partial charge in [0.1, 0.15) is 0 Å². The quantitative estimate of drug-likeness (QED) is 0.726. The van der Waals surface area contributed by atoms with Gasteiger partial charge in [0.05, 0.1) is 24.2 Å². The third kappa shape index (κ3) is 3.78. The Morgan fingerprint density at radius 1 is 1.24 bits per heavy atom. The molecule has 21 heavy (non-hydrogen) atoms. The summed E-state index contributed by atoms with van der Waals surface area (Å²) in [7, 11) is 0. The largest absolute Gasteiger partial charge is 0.465 e. The Balaban J connectivity index is 1.82. The van der Waals surface area contributed by atoms with Gasteiger partial charge in [-0.1, -0.05) is 13.8 Å². The van der Waals surface area contributed by atoms with Gasteiger partial charge in [0.2, 0.25) is 0 Å². The van der Waals surface area contributed by atoms with Crippen LogP contribution in [0, 0.1) is 11.3 Å². The molecule has 2 rings (SSSR count). The van der Waals surface area contributed by atoms with Gasteiger partial charge in [-0.2, -0.15) is 0 Å². The van der Waals surface area contributed by atoms with Crippen LogP contribution in [-0.2, 0) is 19.0 Å². The van der Waals surface area contributed by atoms with E-state index in [1.165, 1.54) is 0 Å². The van der Waals surface area contributed by atoms with Gasteiger partial charge in [0.15, 0.2) is 5.79 Å². The van der Waals surface area contributed by atoms with Crippen molar-refractivity contribution in [3.05, 3.63) is 0 Å². The molecule has 4 unspecified atom stereocenters. The fourth-order valence-electron chi connectivity index (χ4n) is 2.96. The Labute approximate surface area is 128 Å². The van der Waals surface area contributed by atoms with Crippen LogP contribution >= 0.6 is 0 Å². The zero-order chi connectivity index (χ0) is 15.7. The third-order valence-electron chi connectivity index (χ3n) is 5.17. The minimum absolute atomic E-state index is 0.0888. The third-order valence-corrected chi connectivity index (χ3v) is 5.17. The minimum atomic E-state index is -0.425. The van der Waals surface area contributed by atoms with Gasteiger partial charge in [-0.15, -0.1) is 0 Å². The predicted molar refractivity (Wildman–Crippen MR) is 80.8 cm³/mol. The van der Waals surface area contributed by atoms with Gasteiger partial charge >= 0.3 is 5.97 Å². The van der Waals surface area contributed by atoms with E-state index < -0.39 is 5.79 Å². The summed E-state index contributed by atoms with van der Waals surface area (Å²) in [6.07, 6.45) is 5.02. The molecular formula is C17H30O4. The van der Waals surface area contributed by atoms with E-state index in [0.717, 1.165) is 32.1 Å². The van der Waals surface area contributed by atoms with Crippen molar-refractivity contribution in [1.82, 2.24) is 0 Å². The SMILES string of the molecule is CCC1(C)OC2CCC(COC(=O)C(C)(C)CC)CC2O1. The molecule has 0 spiro atoms. The maximum Gasteiger partial charge on any atom is 0.311 e. The molecule has 0 aromatic carbocycles. The van der Waals surface area contributed by atoms with E-state index >= 15 is 0 Å². The number of hydrogen-bond acceptors (Lipinski definition) is 4. The Kier molecular flexibility index (Phi) is 4.99. The summed E-state index contributed by atoms with van der Waals surface area (Å²) in [5.41, 5.74) is -0.384. The smallest absolute Gasteiger partial charge is 0.311 e.